The standard InChI is InChI=1S/C12H25N3S/c1-2-16-10-9-14-5-7-15(8-6-14)12-3-4-13-11-12/h12-13H,2-11H2,1H3. The van der Waals surface area contributed by atoms with Gasteiger partial charge in [-0.15, -0.1) is 0 Å². The van der Waals surface area contributed by atoms with Crippen LogP contribution >= 0.6 is 11.8 Å². The predicted molar refractivity (Wildman–Crippen MR) is 72.3 cm³/mol. The van der Waals surface area contributed by atoms with Crippen LogP contribution in [-0.2, 0) is 0 Å². The van der Waals surface area contributed by atoms with Crippen LogP contribution < -0.4 is 5.32 Å². The first-order valence-electron chi connectivity index (χ1n) is 6.65. The third kappa shape index (κ3) is 3.62. The van der Waals surface area contributed by atoms with E-state index in [4.69, 9.17) is 0 Å². The van der Waals surface area contributed by atoms with Crippen molar-refractivity contribution in [2.75, 3.05) is 57.3 Å². The molecule has 0 aliphatic carbocycles. The fourth-order valence-electron chi connectivity index (χ4n) is 2.64. The summed E-state index contributed by atoms with van der Waals surface area (Å²) in [5, 5.41) is 3.46. The molecule has 0 radical (unpaired) electrons. The Kier molecular flexibility index (Phi) is 5.42. The number of thioether (sulfide) groups is 1. The summed E-state index contributed by atoms with van der Waals surface area (Å²) in [6, 6.07) is 0.826. The molecule has 0 bridgehead atoms. The monoisotopic (exact) mass is 243 g/mol. The predicted octanol–water partition coefficient (Wildman–Crippen LogP) is 0.719. The fraction of sp³-hybridized carbons (Fsp3) is 1.00. The Morgan fingerprint density at radius 1 is 1.25 bits per heavy atom. The molecule has 1 atom stereocenters. The maximum Gasteiger partial charge on any atom is 0.0233 e. The van der Waals surface area contributed by atoms with Gasteiger partial charge in [0.05, 0.1) is 0 Å². The van der Waals surface area contributed by atoms with E-state index in [1.165, 1.54) is 63.7 Å². The number of piperazine rings is 1. The van der Waals surface area contributed by atoms with E-state index in [1.807, 2.05) is 0 Å². The maximum atomic E-state index is 3.46. The van der Waals surface area contributed by atoms with Gasteiger partial charge in [-0.05, 0) is 18.7 Å². The molecular weight excluding hydrogens is 218 g/mol. The highest BCUT2D eigenvalue weighted by Crippen LogP contribution is 2.12. The van der Waals surface area contributed by atoms with E-state index in [0.29, 0.717) is 0 Å². The molecule has 0 saturated carbocycles. The zero-order chi connectivity index (χ0) is 11.2. The van der Waals surface area contributed by atoms with Gasteiger partial charge in [-0.1, -0.05) is 6.92 Å². The van der Waals surface area contributed by atoms with E-state index in [9.17, 15) is 0 Å². The minimum Gasteiger partial charge on any atom is -0.315 e. The average Bonchev–Trinajstić information content (AvgIpc) is 2.84. The van der Waals surface area contributed by atoms with Crippen LogP contribution in [0.4, 0.5) is 0 Å². The van der Waals surface area contributed by atoms with E-state index >= 15 is 0 Å². The van der Waals surface area contributed by atoms with Crippen LogP contribution in [0.3, 0.4) is 0 Å². The normalized spacial score (nSPS) is 28.7. The van der Waals surface area contributed by atoms with Crippen molar-refractivity contribution in [3.63, 3.8) is 0 Å². The van der Waals surface area contributed by atoms with Gasteiger partial charge in [0, 0.05) is 51.1 Å². The zero-order valence-corrected chi connectivity index (χ0v) is 11.3. The summed E-state index contributed by atoms with van der Waals surface area (Å²) in [6.45, 7) is 11.1. The van der Waals surface area contributed by atoms with Crippen molar-refractivity contribution >= 4 is 11.8 Å². The summed E-state index contributed by atoms with van der Waals surface area (Å²) >= 11 is 2.06. The van der Waals surface area contributed by atoms with E-state index in [-0.39, 0.29) is 0 Å². The summed E-state index contributed by atoms with van der Waals surface area (Å²) in [7, 11) is 0. The smallest absolute Gasteiger partial charge is 0.0233 e. The third-order valence-corrected chi connectivity index (χ3v) is 4.59. The second-order valence-electron chi connectivity index (χ2n) is 4.72. The topological polar surface area (TPSA) is 18.5 Å². The first-order valence-corrected chi connectivity index (χ1v) is 7.80. The van der Waals surface area contributed by atoms with Crippen molar-refractivity contribution in [1.82, 2.24) is 15.1 Å². The summed E-state index contributed by atoms with van der Waals surface area (Å²) in [5.41, 5.74) is 0. The first kappa shape index (κ1) is 12.7. The number of rotatable bonds is 5. The molecule has 2 rings (SSSR count). The Hall–Kier alpha value is 0.230. The van der Waals surface area contributed by atoms with Crippen molar-refractivity contribution < 1.29 is 0 Å². The number of hydrogen-bond acceptors (Lipinski definition) is 4. The molecule has 0 spiro atoms. The van der Waals surface area contributed by atoms with E-state index in [1.54, 1.807) is 0 Å². The van der Waals surface area contributed by atoms with Gasteiger partial charge >= 0.3 is 0 Å². The Labute approximate surface area is 104 Å². The molecule has 16 heavy (non-hydrogen) atoms. The van der Waals surface area contributed by atoms with E-state index in [0.717, 1.165) is 6.04 Å². The van der Waals surface area contributed by atoms with Crippen molar-refractivity contribution in [3.8, 4) is 0 Å². The molecule has 0 amide bonds. The third-order valence-electron chi connectivity index (χ3n) is 3.71. The summed E-state index contributed by atoms with van der Waals surface area (Å²) in [5.74, 6) is 2.56. The van der Waals surface area contributed by atoms with Crippen molar-refractivity contribution in [2.24, 2.45) is 0 Å². The van der Waals surface area contributed by atoms with Crippen molar-refractivity contribution in [3.05, 3.63) is 0 Å². The van der Waals surface area contributed by atoms with Crippen LogP contribution in [-0.4, -0.2) is 73.2 Å². The summed E-state index contributed by atoms with van der Waals surface area (Å²) in [4.78, 5) is 5.31. The molecule has 2 fully saturated rings. The molecule has 4 heteroatoms. The molecule has 0 aromatic carbocycles. The lowest BCUT2D eigenvalue weighted by molar-refractivity contribution is 0.107. The molecular formula is C12H25N3S. The summed E-state index contributed by atoms with van der Waals surface area (Å²) in [6.07, 6.45) is 1.35. The second kappa shape index (κ2) is 6.84. The molecule has 2 aliphatic rings. The highest BCUT2D eigenvalue weighted by Gasteiger charge is 2.25. The van der Waals surface area contributed by atoms with Crippen LogP contribution in [0.2, 0.25) is 0 Å². The summed E-state index contributed by atoms with van der Waals surface area (Å²) < 4.78 is 0. The molecule has 94 valence electrons. The van der Waals surface area contributed by atoms with Gasteiger partial charge < -0.3 is 5.32 Å². The van der Waals surface area contributed by atoms with Crippen LogP contribution in [0.1, 0.15) is 13.3 Å². The lowest BCUT2D eigenvalue weighted by atomic mass is 10.2. The average molecular weight is 243 g/mol. The Morgan fingerprint density at radius 2 is 2.06 bits per heavy atom. The van der Waals surface area contributed by atoms with Crippen LogP contribution in [0.15, 0.2) is 0 Å². The molecule has 1 N–H and O–H groups in total. The molecule has 2 aliphatic heterocycles. The van der Waals surface area contributed by atoms with Gasteiger partial charge in [0.15, 0.2) is 0 Å². The van der Waals surface area contributed by atoms with Crippen molar-refractivity contribution in [2.45, 2.75) is 19.4 Å². The van der Waals surface area contributed by atoms with Gasteiger partial charge in [0.25, 0.3) is 0 Å². The lowest BCUT2D eigenvalue weighted by Gasteiger charge is -2.37. The van der Waals surface area contributed by atoms with Crippen LogP contribution in [0, 0.1) is 0 Å². The molecule has 3 nitrogen and oxygen atoms in total. The first-order chi connectivity index (χ1) is 7.90. The molecule has 2 saturated heterocycles. The number of nitrogens with zero attached hydrogens (tertiary/aromatic N) is 2. The van der Waals surface area contributed by atoms with Gasteiger partial charge in [-0.25, -0.2) is 0 Å². The molecule has 0 aromatic heterocycles. The highest BCUT2D eigenvalue weighted by molar-refractivity contribution is 7.99. The fourth-order valence-corrected chi connectivity index (χ4v) is 3.32. The van der Waals surface area contributed by atoms with E-state index in [2.05, 4.69) is 33.8 Å². The lowest BCUT2D eigenvalue weighted by Crippen LogP contribution is -2.51. The second-order valence-corrected chi connectivity index (χ2v) is 6.12. The Bertz CT molecular complexity index is 187. The van der Waals surface area contributed by atoms with Gasteiger partial charge in [0.2, 0.25) is 0 Å². The van der Waals surface area contributed by atoms with Gasteiger partial charge in [0.1, 0.15) is 0 Å². The van der Waals surface area contributed by atoms with Crippen molar-refractivity contribution in [1.29, 1.82) is 0 Å². The minimum absolute atomic E-state index is 0.826. The zero-order valence-electron chi connectivity index (χ0n) is 10.5. The highest BCUT2D eigenvalue weighted by atomic mass is 32.2. The Balaban J connectivity index is 1.62. The largest absolute Gasteiger partial charge is 0.315 e. The molecule has 0 aromatic rings. The number of nitrogens with one attached hydrogen (secondary N) is 1. The van der Waals surface area contributed by atoms with Gasteiger partial charge in [-0.2, -0.15) is 11.8 Å². The SMILES string of the molecule is CCSCCN1CCN(C2CCNC2)CC1. The van der Waals surface area contributed by atoms with E-state index < -0.39 is 0 Å². The molecule has 1 unspecified atom stereocenters. The minimum atomic E-state index is 0.826. The Morgan fingerprint density at radius 3 is 2.69 bits per heavy atom. The maximum absolute atomic E-state index is 3.46. The van der Waals surface area contributed by atoms with Gasteiger partial charge in [-0.3, -0.25) is 9.80 Å². The number of hydrogen-bond donors (Lipinski definition) is 1. The van der Waals surface area contributed by atoms with Crippen LogP contribution in [0.25, 0.3) is 0 Å². The quantitative estimate of drug-likeness (QED) is 0.717. The van der Waals surface area contributed by atoms with Crippen LogP contribution in [0.5, 0.6) is 0 Å². The molecule has 2 heterocycles.